The van der Waals surface area contributed by atoms with E-state index in [9.17, 15) is 32.7 Å². The number of aromatic nitrogens is 7. The van der Waals surface area contributed by atoms with Crippen LogP contribution in [0, 0.1) is 38.0 Å². The number of para-hydroxylation sites is 1. The molecule has 3 fully saturated rings. The molecule has 1 aliphatic carbocycles. The number of hydrogen-bond donors (Lipinski definition) is 5. The molecule has 8 aromatic rings. The summed E-state index contributed by atoms with van der Waals surface area (Å²) < 4.78 is 33.7. The molecule has 2 saturated heterocycles. The molecule has 0 spiro atoms. The number of amides is 4. The van der Waals surface area contributed by atoms with Crippen molar-refractivity contribution in [3.63, 3.8) is 0 Å². The maximum Gasteiger partial charge on any atom is 0.284 e. The van der Waals surface area contributed by atoms with E-state index in [2.05, 4.69) is 45.7 Å². The van der Waals surface area contributed by atoms with Gasteiger partial charge in [0, 0.05) is 68.1 Å². The number of nitrogens with zero attached hydrogens (tertiary/aromatic N) is 10. The zero-order valence-electron chi connectivity index (χ0n) is 50.7. The van der Waals surface area contributed by atoms with Crippen molar-refractivity contribution >= 4 is 94.8 Å². The summed E-state index contributed by atoms with van der Waals surface area (Å²) in [6.07, 6.45) is 6.36. The third-order valence-electron chi connectivity index (χ3n) is 17.2. The Labute approximate surface area is 520 Å². The van der Waals surface area contributed by atoms with E-state index < -0.39 is 51.4 Å². The van der Waals surface area contributed by atoms with E-state index in [4.69, 9.17) is 10.1 Å². The number of rotatable bonds is 18. The number of carbonyl (C=O) groups is 4. The summed E-state index contributed by atoms with van der Waals surface area (Å²) in [6.45, 7) is 14.9. The van der Waals surface area contributed by atoms with Crippen molar-refractivity contribution in [2.45, 2.75) is 129 Å². The maximum absolute atomic E-state index is 14.5. The molecule has 11 rings (SSSR count). The van der Waals surface area contributed by atoms with Crippen molar-refractivity contribution in [3.8, 4) is 21.6 Å². The molecule has 0 bridgehead atoms. The van der Waals surface area contributed by atoms with Crippen LogP contribution >= 0.6 is 22.7 Å². The highest BCUT2D eigenvalue weighted by atomic mass is 32.2. The van der Waals surface area contributed by atoms with Gasteiger partial charge in [0.2, 0.25) is 17.7 Å². The zero-order chi connectivity index (χ0) is 62.2. The van der Waals surface area contributed by atoms with E-state index in [-0.39, 0.29) is 41.4 Å². The van der Waals surface area contributed by atoms with Crippen LogP contribution in [0.2, 0.25) is 0 Å². The highest BCUT2D eigenvalue weighted by Crippen LogP contribution is 2.36. The lowest BCUT2D eigenvalue weighted by molar-refractivity contribution is -0.144. The number of anilines is 5. The third-order valence-corrected chi connectivity index (χ3v) is 20.5. The Morgan fingerprint density at radius 2 is 1.57 bits per heavy atom. The molecule has 4 amide bonds. The standard InChI is InChI=1S/C64H74N14O7S3/c1-37-31-54(72-73-58(37)71-63-68-50-15-11-12-16-52(50)87-63)75(8)53-26-25-48(49-33-66-78(40(49)4)34-41-13-9-10-14-41)55(69-53)61(82)74-88(84,85)47-23-21-45(22-24-47)76-29-27-44(28-30-76)59(80)70-57(64(5,6)7)62(83)77-35-46(79)32-51(77)60(81)67-38(2)42-17-19-43(20-18-42)56-39(3)65-36-86-56/h11-12,15-26,31,33,36,38,41,44,46,51,57,79H,9-10,13-14,27-30,32,34-35H2,1-8H3,(H,67,81)(H,70,80)(H,74,82)(H,68,71,73)/t38-,46+,51-,57+/m0/s1. The minimum atomic E-state index is -4.45. The molecule has 24 heteroatoms. The largest absolute Gasteiger partial charge is 0.391 e. The fourth-order valence-electron chi connectivity index (χ4n) is 12.0. The second kappa shape index (κ2) is 25.5. The smallest absolute Gasteiger partial charge is 0.284 e. The van der Waals surface area contributed by atoms with Gasteiger partial charge in [0.1, 0.15) is 23.6 Å². The van der Waals surface area contributed by atoms with Gasteiger partial charge in [0.05, 0.1) is 49.5 Å². The monoisotopic (exact) mass is 1250 g/mol. The summed E-state index contributed by atoms with van der Waals surface area (Å²) in [5.41, 5.74) is 8.10. The average molecular weight is 1250 g/mol. The van der Waals surface area contributed by atoms with Crippen LogP contribution in [0.5, 0.6) is 0 Å². The number of carbonyl (C=O) groups excluding carboxylic acids is 4. The molecule has 7 heterocycles. The number of sulfonamides is 1. The fourth-order valence-corrected chi connectivity index (χ4v) is 14.6. The van der Waals surface area contributed by atoms with Crippen LogP contribution in [-0.2, 0) is 31.0 Å². The van der Waals surface area contributed by atoms with Crippen molar-refractivity contribution in [2.24, 2.45) is 17.3 Å². The number of aliphatic hydroxyl groups is 1. The topological polar surface area (TPSA) is 263 Å². The van der Waals surface area contributed by atoms with Gasteiger partial charge in [-0.1, -0.05) is 81.3 Å². The molecule has 5 N–H and O–H groups in total. The first-order chi connectivity index (χ1) is 42.1. The van der Waals surface area contributed by atoms with Crippen LogP contribution < -0.4 is 30.5 Å². The number of nitrogens with one attached hydrogen (secondary N) is 4. The number of likely N-dealkylation sites (tertiary alicyclic amines) is 1. The van der Waals surface area contributed by atoms with Gasteiger partial charge in [0.15, 0.2) is 16.8 Å². The van der Waals surface area contributed by atoms with E-state index >= 15 is 0 Å². The van der Waals surface area contributed by atoms with Crippen molar-refractivity contribution < 1.29 is 32.7 Å². The summed E-state index contributed by atoms with van der Waals surface area (Å²) in [5, 5.41) is 34.6. The summed E-state index contributed by atoms with van der Waals surface area (Å²) >= 11 is 3.07. The number of piperidine rings is 1. The summed E-state index contributed by atoms with van der Waals surface area (Å²) in [5.74, 6) is -0.693. The number of aliphatic hydroxyl groups excluding tert-OH is 1. The lowest BCUT2D eigenvalue weighted by atomic mass is 9.84. The molecular weight excluding hydrogens is 1170 g/mol. The van der Waals surface area contributed by atoms with Crippen LogP contribution in [0.4, 0.5) is 28.3 Å². The first-order valence-electron chi connectivity index (χ1n) is 29.8. The second-order valence-corrected chi connectivity index (χ2v) is 28.0. The van der Waals surface area contributed by atoms with Gasteiger partial charge in [-0.25, -0.2) is 28.1 Å². The summed E-state index contributed by atoms with van der Waals surface area (Å²) in [7, 11) is -2.70. The Balaban J connectivity index is 0.735. The van der Waals surface area contributed by atoms with Crippen molar-refractivity contribution in [2.75, 3.05) is 41.8 Å². The molecule has 3 aromatic carbocycles. The van der Waals surface area contributed by atoms with Crippen LogP contribution in [0.1, 0.15) is 112 Å². The molecule has 0 unspecified atom stereocenters. The van der Waals surface area contributed by atoms with Gasteiger partial charge in [-0.15, -0.1) is 21.5 Å². The number of β-amino-alcohol motifs (C(OH)–C–C–N with tert-alkyl or cyclic N) is 1. The van der Waals surface area contributed by atoms with Crippen molar-refractivity contribution in [3.05, 3.63) is 131 Å². The van der Waals surface area contributed by atoms with E-state index in [1.165, 1.54) is 41.2 Å². The van der Waals surface area contributed by atoms with E-state index in [1.54, 1.807) is 53.7 Å². The van der Waals surface area contributed by atoms with Gasteiger partial charge in [0.25, 0.3) is 15.9 Å². The van der Waals surface area contributed by atoms with Crippen LogP contribution in [-0.4, -0.2) is 122 Å². The molecule has 2 aliphatic heterocycles. The van der Waals surface area contributed by atoms with Crippen LogP contribution in [0.3, 0.4) is 0 Å². The Kier molecular flexibility index (Phi) is 17.8. The molecule has 460 valence electrons. The van der Waals surface area contributed by atoms with Crippen molar-refractivity contribution in [1.29, 1.82) is 0 Å². The lowest BCUT2D eigenvalue weighted by Crippen LogP contribution is -2.59. The number of aryl methyl sites for hydroxylation is 2. The highest BCUT2D eigenvalue weighted by molar-refractivity contribution is 7.90. The van der Waals surface area contributed by atoms with Gasteiger partial charge < -0.3 is 35.8 Å². The van der Waals surface area contributed by atoms with Crippen LogP contribution in [0.25, 0.3) is 31.8 Å². The molecule has 1 saturated carbocycles. The van der Waals surface area contributed by atoms with Gasteiger partial charge in [-0.05, 0) is 136 Å². The molecule has 3 aliphatic rings. The molecule has 88 heavy (non-hydrogen) atoms. The third kappa shape index (κ3) is 13.3. The van der Waals surface area contributed by atoms with Gasteiger partial charge >= 0.3 is 0 Å². The zero-order valence-corrected chi connectivity index (χ0v) is 53.1. The van der Waals surface area contributed by atoms with Gasteiger partial charge in [-0.3, -0.25) is 23.9 Å². The molecular formula is C64H74N14O7S3. The first-order valence-corrected chi connectivity index (χ1v) is 33.0. The minimum Gasteiger partial charge on any atom is -0.391 e. The SMILES string of the molecule is Cc1cc(N(C)c2ccc(-c3cnn(CC4CCCC4)c3C)c(C(=O)NS(=O)(=O)c3ccc(N4CCC(C(=O)N[C@H](C(=O)N5C[C@H](O)C[C@H]5C(=O)N[C@@H](C)c5ccc(-c6scnc6C)cc5)C(C)(C)C)CC4)cc3)n2)nnc1Nc1nc2ccccc2s1. The number of pyridine rings is 1. The van der Waals surface area contributed by atoms with E-state index in [1.807, 2.05) is 113 Å². The second-order valence-electron chi connectivity index (χ2n) is 24.5. The van der Waals surface area contributed by atoms with E-state index in [0.717, 1.165) is 68.2 Å². The maximum atomic E-state index is 14.5. The van der Waals surface area contributed by atoms with E-state index in [0.29, 0.717) is 65.6 Å². The molecule has 4 atom stereocenters. The molecule has 0 radical (unpaired) electrons. The number of fused-ring (bicyclic) bond motifs is 1. The summed E-state index contributed by atoms with van der Waals surface area (Å²) in [6, 6.07) is 25.1. The van der Waals surface area contributed by atoms with Gasteiger partial charge in [-0.2, -0.15) is 5.10 Å². The first kappa shape index (κ1) is 61.5. The lowest BCUT2D eigenvalue weighted by Gasteiger charge is -2.38. The highest BCUT2D eigenvalue weighted by Gasteiger charge is 2.45. The quantitative estimate of drug-likeness (QED) is 0.0535. The Morgan fingerprint density at radius 3 is 2.25 bits per heavy atom. The normalized spacial score (nSPS) is 17.5. The minimum absolute atomic E-state index is 0.0440. The van der Waals surface area contributed by atoms with Crippen molar-refractivity contribution in [1.82, 2.24) is 55.2 Å². The summed E-state index contributed by atoms with van der Waals surface area (Å²) in [4.78, 5) is 77.0. The Hall–Kier alpha value is -8.19. The molecule has 5 aromatic heterocycles. The average Bonchev–Trinajstić information content (AvgIpc) is 1.81. The molecule has 21 nitrogen and oxygen atoms in total. The predicted molar refractivity (Wildman–Crippen MR) is 342 cm³/mol. The number of benzene rings is 3. The predicted octanol–water partition coefficient (Wildman–Crippen LogP) is 9.80. The Morgan fingerprint density at radius 1 is 0.841 bits per heavy atom. The fraction of sp³-hybridized carbons (Fsp3) is 0.406. The number of hydrogen-bond acceptors (Lipinski definition) is 18. The Bertz CT molecular complexity index is 3960. The number of thiazole rings is 2. The van der Waals surface area contributed by atoms with Crippen LogP contribution in [0.15, 0.2) is 108 Å².